The molecule has 4 aromatic rings. The number of rotatable bonds is 4. The van der Waals surface area contributed by atoms with Gasteiger partial charge in [-0.25, -0.2) is 4.39 Å². The third kappa shape index (κ3) is 3.37. The Morgan fingerprint density at radius 2 is 1.77 bits per heavy atom. The van der Waals surface area contributed by atoms with Crippen molar-refractivity contribution in [1.29, 1.82) is 0 Å². The summed E-state index contributed by atoms with van der Waals surface area (Å²) in [4.78, 5) is 14.8. The fraction of sp³-hybridized carbons (Fsp3) is 0.125. The molecule has 0 radical (unpaired) electrons. The van der Waals surface area contributed by atoms with E-state index in [4.69, 9.17) is 10.2 Å². The summed E-state index contributed by atoms with van der Waals surface area (Å²) in [5.41, 5.74) is 11.1. The molecule has 4 rings (SSSR count). The number of carbonyl (C=O) groups is 1. The smallest absolute Gasteiger partial charge is 0.255 e. The Hall–Kier alpha value is -3.80. The summed E-state index contributed by atoms with van der Waals surface area (Å²) in [6.07, 6.45) is 0. The number of furan rings is 1. The first-order valence-electron chi connectivity index (χ1n) is 9.51. The van der Waals surface area contributed by atoms with E-state index in [1.54, 1.807) is 19.2 Å². The van der Waals surface area contributed by atoms with E-state index in [-0.39, 0.29) is 11.7 Å². The van der Waals surface area contributed by atoms with Crippen molar-refractivity contribution < 1.29 is 13.6 Å². The molecular weight excluding hydrogens is 381 g/mol. The minimum atomic E-state index is -0.352. The van der Waals surface area contributed by atoms with E-state index in [1.807, 2.05) is 55.4 Å². The summed E-state index contributed by atoms with van der Waals surface area (Å²) < 4.78 is 19.5. The molecule has 0 fully saturated rings. The number of benzene rings is 3. The average Bonchev–Trinajstić information content (AvgIpc) is 3.11. The predicted molar refractivity (Wildman–Crippen MR) is 119 cm³/mol. The molecule has 0 aliphatic carbocycles. The molecule has 1 aromatic heterocycles. The Labute approximate surface area is 173 Å². The maximum Gasteiger partial charge on any atom is 0.255 e. The zero-order chi connectivity index (χ0) is 21.4. The van der Waals surface area contributed by atoms with Gasteiger partial charge >= 0.3 is 0 Å². The molecular formula is C24H22FN3O2. The van der Waals surface area contributed by atoms with Gasteiger partial charge in [0.05, 0.1) is 5.56 Å². The molecule has 0 saturated carbocycles. The molecule has 0 saturated heterocycles. The van der Waals surface area contributed by atoms with Gasteiger partial charge in [-0.15, -0.1) is 0 Å². The van der Waals surface area contributed by atoms with Gasteiger partial charge in [0.2, 0.25) is 0 Å². The maximum atomic E-state index is 13.4. The SMILES string of the molecule is CNC(=O)c1c(-c2ccc(F)cc2)oc2cc(N(C)C)c(-c3cccc(N)c3)cc12. The normalized spacial score (nSPS) is 10.9. The summed E-state index contributed by atoms with van der Waals surface area (Å²) >= 11 is 0. The highest BCUT2D eigenvalue weighted by molar-refractivity contribution is 6.12. The van der Waals surface area contributed by atoms with Crippen LogP contribution in [0.25, 0.3) is 33.4 Å². The van der Waals surface area contributed by atoms with E-state index < -0.39 is 0 Å². The number of nitrogens with two attached hydrogens (primary N) is 1. The van der Waals surface area contributed by atoms with Crippen LogP contribution < -0.4 is 16.0 Å². The van der Waals surface area contributed by atoms with Gasteiger partial charge in [0.25, 0.3) is 5.91 Å². The van der Waals surface area contributed by atoms with Gasteiger partial charge in [-0.2, -0.15) is 0 Å². The van der Waals surface area contributed by atoms with Crippen LogP contribution in [-0.2, 0) is 0 Å². The van der Waals surface area contributed by atoms with Crippen molar-refractivity contribution in [1.82, 2.24) is 5.32 Å². The second-order valence-corrected chi connectivity index (χ2v) is 7.28. The van der Waals surface area contributed by atoms with Crippen LogP contribution in [0.1, 0.15) is 10.4 Å². The summed E-state index contributed by atoms with van der Waals surface area (Å²) in [6, 6.07) is 17.4. The van der Waals surface area contributed by atoms with E-state index in [0.717, 1.165) is 16.8 Å². The Kier molecular flexibility index (Phi) is 4.91. The molecule has 1 heterocycles. The number of nitrogens with zero attached hydrogens (tertiary/aromatic N) is 1. The Bertz CT molecular complexity index is 1240. The molecule has 0 atom stereocenters. The Morgan fingerprint density at radius 1 is 1.03 bits per heavy atom. The third-order valence-electron chi connectivity index (χ3n) is 5.05. The highest BCUT2D eigenvalue weighted by Crippen LogP contribution is 2.40. The van der Waals surface area contributed by atoms with Crippen LogP contribution in [0.2, 0.25) is 0 Å². The fourth-order valence-electron chi connectivity index (χ4n) is 3.59. The number of hydrogen-bond donors (Lipinski definition) is 2. The summed E-state index contributed by atoms with van der Waals surface area (Å²) in [5, 5.41) is 3.36. The Morgan fingerprint density at radius 3 is 2.40 bits per heavy atom. The number of anilines is 2. The molecule has 0 spiro atoms. The first-order valence-corrected chi connectivity index (χ1v) is 9.51. The summed E-state index contributed by atoms with van der Waals surface area (Å²) in [7, 11) is 5.46. The Balaban J connectivity index is 2.04. The van der Waals surface area contributed by atoms with Crippen molar-refractivity contribution in [2.45, 2.75) is 0 Å². The van der Waals surface area contributed by atoms with Crippen molar-refractivity contribution in [2.75, 3.05) is 31.8 Å². The van der Waals surface area contributed by atoms with E-state index in [2.05, 4.69) is 5.32 Å². The van der Waals surface area contributed by atoms with Gasteiger partial charge < -0.3 is 20.4 Å². The summed E-state index contributed by atoms with van der Waals surface area (Å²) in [6.45, 7) is 0. The molecule has 0 aliphatic heterocycles. The lowest BCUT2D eigenvalue weighted by Gasteiger charge is -2.18. The first-order chi connectivity index (χ1) is 14.4. The zero-order valence-electron chi connectivity index (χ0n) is 17.0. The number of hydrogen-bond acceptors (Lipinski definition) is 4. The molecule has 30 heavy (non-hydrogen) atoms. The second kappa shape index (κ2) is 7.55. The highest BCUT2D eigenvalue weighted by Gasteiger charge is 2.23. The van der Waals surface area contributed by atoms with Gasteiger partial charge in [-0.3, -0.25) is 4.79 Å². The van der Waals surface area contributed by atoms with Crippen LogP contribution in [0, 0.1) is 5.82 Å². The average molecular weight is 403 g/mol. The number of halogens is 1. The van der Waals surface area contributed by atoms with Crippen LogP contribution in [0.5, 0.6) is 0 Å². The second-order valence-electron chi connectivity index (χ2n) is 7.28. The van der Waals surface area contributed by atoms with Crippen molar-refractivity contribution in [3.05, 3.63) is 72.0 Å². The monoisotopic (exact) mass is 403 g/mol. The quantitative estimate of drug-likeness (QED) is 0.475. The van der Waals surface area contributed by atoms with E-state index in [1.165, 1.54) is 12.1 Å². The lowest BCUT2D eigenvalue weighted by Crippen LogP contribution is -2.18. The molecule has 0 unspecified atom stereocenters. The summed E-state index contributed by atoms with van der Waals surface area (Å²) in [5.74, 6) is -0.224. The standard InChI is InChI=1S/C24H22FN3O2/c1-27-24(29)22-19-12-18(15-5-4-6-17(26)11-15)20(28(2)3)13-21(19)30-23(22)14-7-9-16(25)10-8-14/h4-13H,26H2,1-3H3,(H,27,29). The molecule has 152 valence electrons. The van der Waals surface area contributed by atoms with E-state index in [9.17, 15) is 9.18 Å². The van der Waals surface area contributed by atoms with Crippen LogP contribution in [0.15, 0.2) is 65.1 Å². The molecule has 0 bridgehead atoms. The molecule has 0 aliphatic rings. The zero-order valence-corrected chi connectivity index (χ0v) is 17.0. The van der Waals surface area contributed by atoms with Crippen molar-refractivity contribution >= 4 is 28.3 Å². The molecule has 1 amide bonds. The molecule has 6 heteroatoms. The molecule has 3 N–H and O–H groups in total. The minimum Gasteiger partial charge on any atom is -0.455 e. The van der Waals surface area contributed by atoms with E-state index in [0.29, 0.717) is 33.5 Å². The fourth-order valence-corrected chi connectivity index (χ4v) is 3.59. The molecule has 3 aromatic carbocycles. The molecule has 5 nitrogen and oxygen atoms in total. The first kappa shape index (κ1) is 19.5. The van der Waals surface area contributed by atoms with Gasteiger partial charge in [0.15, 0.2) is 0 Å². The van der Waals surface area contributed by atoms with Crippen LogP contribution in [0.3, 0.4) is 0 Å². The van der Waals surface area contributed by atoms with E-state index >= 15 is 0 Å². The lowest BCUT2D eigenvalue weighted by atomic mass is 9.98. The topological polar surface area (TPSA) is 71.5 Å². The highest BCUT2D eigenvalue weighted by atomic mass is 19.1. The predicted octanol–water partition coefficient (Wildman–Crippen LogP) is 4.91. The van der Waals surface area contributed by atoms with Gasteiger partial charge in [-0.05, 0) is 48.0 Å². The number of nitrogen functional groups attached to an aromatic ring is 1. The number of carbonyl (C=O) groups excluding carboxylic acids is 1. The van der Waals surface area contributed by atoms with Crippen LogP contribution in [-0.4, -0.2) is 27.1 Å². The van der Waals surface area contributed by atoms with Crippen LogP contribution >= 0.6 is 0 Å². The third-order valence-corrected chi connectivity index (χ3v) is 5.05. The lowest BCUT2D eigenvalue weighted by molar-refractivity contribution is 0.0964. The number of nitrogens with one attached hydrogen (secondary N) is 1. The van der Waals surface area contributed by atoms with Gasteiger partial charge in [0, 0.05) is 55.1 Å². The van der Waals surface area contributed by atoms with Crippen molar-refractivity contribution in [3.8, 4) is 22.5 Å². The van der Waals surface area contributed by atoms with Crippen molar-refractivity contribution in [3.63, 3.8) is 0 Å². The van der Waals surface area contributed by atoms with Gasteiger partial charge in [-0.1, -0.05) is 12.1 Å². The maximum absolute atomic E-state index is 13.4. The van der Waals surface area contributed by atoms with Gasteiger partial charge in [0.1, 0.15) is 17.2 Å². The van der Waals surface area contributed by atoms with Crippen molar-refractivity contribution in [2.24, 2.45) is 0 Å². The van der Waals surface area contributed by atoms with Crippen LogP contribution in [0.4, 0.5) is 15.8 Å². The minimum absolute atomic E-state index is 0.274. The number of amides is 1. The number of fused-ring (bicyclic) bond motifs is 1. The largest absolute Gasteiger partial charge is 0.455 e.